The van der Waals surface area contributed by atoms with E-state index in [1.165, 1.54) is 12.8 Å². The second kappa shape index (κ2) is 10.7. The lowest BCUT2D eigenvalue weighted by molar-refractivity contribution is 0.0899. The van der Waals surface area contributed by atoms with Gasteiger partial charge in [-0.1, -0.05) is 32.5 Å². The van der Waals surface area contributed by atoms with Gasteiger partial charge in [-0.15, -0.1) is 0 Å². The molecule has 1 fully saturated rings. The molecule has 0 radical (unpaired) electrons. The van der Waals surface area contributed by atoms with Crippen LogP contribution in [-0.4, -0.2) is 45.5 Å². The van der Waals surface area contributed by atoms with E-state index in [4.69, 9.17) is 9.84 Å². The molecule has 3 aromatic heterocycles. The van der Waals surface area contributed by atoms with Crippen molar-refractivity contribution < 1.29 is 4.74 Å². The number of nitrogens with zero attached hydrogens (tertiary/aromatic N) is 6. The number of rotatable bonds is 11. The number of nitriles is 1. The molecule has 0 aromatic carbocycles. The normalized spacial score (nSPS) is 15.6. The molecule has 1 unspecified atom stereocenters. The fourth-order valence-corrected chi connectivity index (χ4v) is 5.57. The predicted molar refractivity (Wildman–Crippen MR) is 138 cm³/mol. The summed E-state index contributed by atoms with van der Waals surface area (Å²) < 4.78 is 10.0. The number of aromatic nitrogens is 5. The van der Waals surface area contributed by atoms with Crippen molar-refractivity contribution in [2.75, 3.05) is 18.5 Å². The molecule has 0 bridgehead atoms. The number of fused-ring (bicyclic) bond motifs is 1. The van der Waals surface area contributed by atoms with Crippen LogP contribution in [-0.2, 0) is 11.5 Å². The van der Waals surface area contributed by atoms with Gasteiger partial charge in [-0.2, -0.15) is 10.4 Å². The summed E-state index contributed by atoms with van der Waals surface area (Å²) in [6, 6.07) is 5.69. The van der Waals surface area contributed by atoms with Crippen molar-refractivity contribution in [1.29, 1.82) is 5.26 Å². The van der Waals surface area contributed by atoms with E-state index in [0.717, 1.165) is 60.1 Å². The van der Waals surface area contributed by atoms with Crippen LogP contribution in [0.3, 0.4) is 0 Å². The Bertz CT molecular complexity index is 1130. The van der Waals surface area contributed by atoms with Crippen molar-refractivity contribution in [2.45, 2.75) is 77.5 Å². The molecule has 9 heteroatoms. The Balaban J connectivity index is 1.64. The van der Waals surface area contributed by atoms with Gasteiger partial charge >= 0.3 is 0 Å². The van der Waals surface area contributed by atoms with Gasteiger partial charge in [-0.05, 0) is 37.8 Å². The van der Waals surface area contributed by atoms with Gasteiger partial charge in [0.1, 0.15) is 18.7 Å². The molecule has 1 aliphatic carbocycles. The minimum Gasteiger partial charge on any atom is -0.368 e. The average Bonchev–Trinajstić information content (AvgIpc) is 3.55. The summed E-state index contributed by atoms with van der Waals surface area (Å²) >= 11 is 0. The fraction of sp³-hybridized carbons (Fsp3) is 0.600. The Morgan fingerprint density at radius 2 is 2.06 bits per heavy atom. The highest BCUT2D eigenvalue weighted by Crippen LogP contribution is 2.38. The quantitative estimate of drug-likeness (QED) is 0.281. The second-order valence-corrected chi connectivity index (χ2v) is 16.1. The van der Waals surface area contributed by atoms with E-state index in [-0.39, 0.29) is 6.04 Å². The maximum absolute atomic E-state index is 9.49. The third-order valence-corrected chi connectivity index (χ3v) is 8.40. The van der Waals surface area contributed by atoms with Gasteiger partial charge in [-0.25, -0.2) is 9.97 Å². The van der Waals surface area contributed by atoms with Gasteiger partial charge < -0.3 is 14.6 Å². The molecular formula is C25H37N7OSi. The first-order valence-corrected chi connectivity index (χ1v) is 16.2. The Morgan fingerprint density at radius 3 is 2.76 bits per heavy atom. The van der Waals surface area contributed by atoms with Crippen LogP contribution < -0.4 is 5.32 Å². The van der Waals surface area contributed by atoms with Gasteiger partial charge in [0.15, 0.2) is 5.82 Å². The molecule has 0 aliphatic heterocycles. The van der Waals surface area contributed by atoms with E-state index in [2.05, 4.69) is 60.2 Å². The molecule has 1 N–H and O–H groups in total. The zero-order valence-corrected chi connectivity index (χ0v) is 21.9. The summed E-state index contributed by atoms with van der Waals surface area (Å²) in [7, 11) is -1.12. The first-order valence-electron chi connectivity index (χ1n) is 12.5. The lowest BCUT2D eigenvalue weighted by Gasteiger charge is -2.21. The first-order chi connectivity index (χ1) is 16.4. The summed E-state index contributed by atoms with van der Waals surface area (Å²) in [5.74, 6) is 1.31. The van der Waals surface area contributed by atoms with Crippen molar-refractivity contribution in [2.24, 2.45) is 5.92 Å². The molecule has 1 aliphatic rings. The average molecular weight is 480 g/mol. The molecular weight excluding hydrogens is 442 g/mol. The SMILES string of the molecule is CCNc1nn(C(CC#N)C2CCCC2)cc1-c1ncnc2c1ccn2COCC[Si](C)(C)C. The van der Waals surface area contributed by atoms with E-state index in [1.54, 1.807) is 6.33 Å². The molecule has 8 nitrogen and oxygen atoms in total. The van der Waals surface area contributed by atoms with E-state index in [9.17, 15) is 5.26 Å². The van der Waals surface area contributed by atoms with Gasteiger partial charge in [0.05, 0.1) is 29.8 Å². The number of anilines is 1. The molecule has 34 heavy (non-hydrogen) atoms. The standard InChI is InChI=1S/C25H37N7OSi/c1-5-27-24-21(16-32(30-24)22(10-12-26)19-8-6-7-9-19)23-20-11-13-31(25(20)29-17-28-23)18-33-14-15-34(2,3)4/h11,13,16-17,19,22H,5-10,14-15,18H2,1-4H3,(H,27,30). The Labute approximate surface area is 203 Å². The minimum atomic E-state index is -1.12. The minimum absolute atomic E-state index is 0.0975. The maximum atomic E-state index is 9.49. The lowest BCUT2D eigenvalue weighted by Crippen LogP contribution is -2.22. The van der Waals surface area contributed by atoms with Gasteiger partial charge in [0.2, 0.25) is 0 Å². The Kier molecular flexibility index (Phi) is 7.69. The summed E-state index contributed by atoms with van der Waals surface area (Å²) in [5, 5.41) is 18.8. The fourth-order valence-electron chi connectivity index (χ4n) is 4.81. The van der Waals surface area contributed by atoms with Crippen LogP contribution in [0, 0.1) is 17.2 Å². The Hall–Kier alpha value is -2.70. The van der Waals surface area contributed by atoms with E-state index >= 15 is 0 Å². The van der Waals surface area contributed by atoms with Crippen LogP contribution in [0.5, 0.6) is 0 Å². The third-order valence-electron chi connectivity index (χ3n) is 6.70. The van der Waals surface area contributed by atoms with Gasteiger partial charge in [-0.3, -0.25) is 4.68 Å². The van der Waals surface area contributed by atoms with Crippen LogP contribution in [0.1, 0.15) is 45.1 Å². The molecule has 0 amide bonds. The number of nitrogens with one attached hydrogen (secondary N) is 1. The van der Waals surface area contributed by atoms with E-state index < -0.39 is 8.07 Å². The lowest BCUT2D eigenvalue weighted by atomic mass is 9.96. The van der Waals surface area contributed by atoms with Crippen LogP contribution in [0.15, 0.2) is 24.8 Å². The summed E-state index contributed by atoms with van der Waals surface area (Å²) in [6.07, 6.45) is 11.0. The highest BCUT2D eigenvalue weighted by Gasteiger charge is 2.28. The predicted octanol–water partition coefficient (Wildman–Crippen LogP) is 5.68. The number of hydrogen-bond donors (Lipinski definition) is 1. The monoisotopic (exact) mass is 479 g/mol. The van der Waals surface area contributed by atoms with Crippen molar-refractivity contribution in [3.05, 3.63) is 24.8 Å². The summed E-state index contributed by atoms with van der Waals surface area (Å²) in [4.78, 5) is 9.21. The molecule has 3 aromatic rings. The highest BCUT2D eigenvalue weighted by molar-refractivity contribution is 6.76. The van der Waals surface area contributed by atoms with Gasteiger partial charge in [0, 0.05) is 39.0 Å². The molecule has 0 spiro atoms. The zero-order chi connectivity index (χ0) is 24.1. The summed E-state index contributed by atoms with van der Waals surface area (Å²) in [5.41, 5.74) is 2.67. The Morgan fingerprint density at radius 1 is 1.26 bits per heavy atom. The molecule has 182 valence electrons. The molecule has 1 atom stereocenters. The first kappa shape index (κ1) is 24.4. The largest absolute Gasteiger partial charge is 0.368 e. The van der Waals surface area contributed by atoms with Crippen molar-refractivity contribution in [3.8, 4) is 17.3 Å². The van der Waals surface area contributed by atoms with E-state index in [1.807, 2.05) is 15.4 Å². The zero-order valence-electron chi connectivity index (χ0n) is 20.9. The highest BCUT2D eigenvalue weighted by atomic mass is 28.3. The smallest absolute Gasteiger partial charge is 0.157 e. The molecule has 3 heterocycles. The number of hydrogen-bond acceptors (Lipinski definition) is 6. The maximum Gasteiger partial charge on any atom is 0.157 e. The van der Waals surface area contributed by atoms with Gasteiger partial charge in [0.25, 0.3) is 0 Å². The van der Waals surface area contributed by atoms with Crippen LogP contribution in [0.2, 0.25) is 25.7 Å². The molecule has 1 saturated carbocycles. The van der Waals surface area contributed by atoms with Crippen molar-refractivity contribution >= 4 is 24.9 Å². The van der Waals surface area contributed by atoms with Crippen LogP contribution in [0.4, 0.5) is 5.82 Å². The van der Waals surface area contributed by atoms with Crippen molar-refractivity contribution in [1.82, 2.24) is 24.3 Å². The summed E-state index contributed by atoms with van der Waals surface area (Å²) in [6.45, 7) is 11.2. The van der Waals surface area contributed by atoms with E-state index in [0.29, 0.717) is 19.1 Å². The topological polar surface area (TPSA) is 93.6 Å². The van der Waals surface area contributed by atoms with Crippen LogP contribution >= 0.6 is 0 Å². The second-order valence-electron chi connectivity index (χ2n) is 10.5. The molecule has 4 rings (SSSR count). The number of ether oxygens (including phenoxy) is 1. The molecule has 0 saturated heterocycles. The van der Waals surface area contributed by atoms with Crippen LogP contribution in [0.25, 0.3) is 22.3 Å². The van der Waals surface area contributed by atoms with Crippen molar-refractivity contribution in [3.63, 3.8) is 0 Å². The third kappa shape index (κ3) is 5.50.